The van der Waals surface area contributed by atoms with Crippen LogP contribution in [0.15, 0.2) is 48.0 Å². The van der Waals surface area contributed by atoms with E-state index < -0.39 is 17.7 Å². The Morgan fingerprint density at radius 1 is 1.03 bits per heavy atom. The number of likely N-dealkylation sites (N-methyl/N-ethyl adjacent to an activating group) is 1. The minimum absolute atomic E-state index is 0.124. The number of aryl methyl sites for hydroxylation is 1. The molecule has 3 rings (SSSR count). The molecule has 1 atom stereocenters. The molecule has 188 valence electrons. The number of hydrogen-bond acceptors (Lipinski definition) is 6. The summed E-state index contributed by atoms with van der Waals surface area (Å²) in [4.78, 5) is 32.3. The van der Waals surface area contributed by atoms with Crippen molar-refractivity contribution in [2.45, 2.75) is 33.7 Å². The van der Waals surface area contributed by atoms with Crippen LogP contribution in [0.2, 0.25) is 0 Å². The average molecular weight is 480 g/mol. The van der Waals surface area contributed by atoms with Gasteiger partial charge >= 0.3 is 0 Å². The molecule has 0 spiro atoms. The Hall–Kier alpha value is -3.32. The number of aliphatic hydroxyl groups excluding tert-OH is 1. The molecular weight excluding hydrogens is 442 g/mol. The first-order valence-electron chi connectivity index (χ1n) is 12.2. The third kappa shape index (κ3) is 5.51. The maximum Gasteiger partial charge on any atom is 0.295 e. The van der Waals surface area contributed by atoms with E-state index in [0.717, 1.165) is 29.9 Å². The van der Waals surface area contributed by atoms with Crippen molar-refractivity contribution in [3.63, 3.8) is 0 Å². The Labute approximate surface area is 208 Å². The van der Waals surface area contributed by atoms with Gasteiger partial charge in [0.15, 0.2) is 0 Å². The largest absolute Gasteiger partial charge is 0.507 e. The summed E-state index contributed by atoms with van der Waals surface area (Å²) in [7, 11) is 3.92. The molecule has 0 aliphatic carbocycles. The topological polar surface area (TPSA) is 73.3 Å². The monoisotopic (exact) mass is 479 g/mol. The lowest BCUT2D eigenvalue weighted by Crippen LogP contribution is -2.38. The zero-order valence-electron chi connectivity index (χ0n) is 21.7. The highest BCUT2D eigenvalue weighted by molar-refractivity contribution is 6.46. The van der Waals surface area contributed by atoms with Gasteiger partial charge in [0.1, 0.15) is 11.5 Å². The molecule has 2 aromatic rings. The van der Waals surface area contributed by atoms with E-state index in [4.69, 9.17) is 4.74 Å². The molecule has 7 heteroatoms. The van der Waals surface area contributed by atoms with Gasteiger partial charge in [0, 0.05) is 38.4 Å². The summed E-state index contributed by atoms with van der Waals surface area (Å²) in [5.41, 5.74) is 3.21. The molecule has 0 radical (unpaired) electrons. The van der Waals surface area contributed by atoms with E-state index in [1.807, 2.05) is 63.2 Å². The molecule has 1 N–H and O–H groups in total. The first kappa shape index (κ1) is 26.3. The lowest BCUT2D eigenvalue weighted by Gasteiger charge is -2.28. The SMILES string of the molecule is CCOc1ccc(C(O)=C2C(=O)C(=O)N(CCN(CC)CC)C2c2ccc(N(C)C)cc2)c(C)c1. The van der Waals surface area contributed by atoms with Crippen LogP contribution >= 0.6 is 0 Å². The van der Waals surface area contributed by atoms with Gasteiger partial charge in [-0.3, -0.25) is 9.59 Å². The molecule has 35 heavy (non-hydrogen) atoms. The van der Waals surface area contributed by atoms with E-state index >= 15 is 0 Å². The zero-order chi connectivity index (χ0) is 25.7. The highest BCUT2D eigenvalue weighted by Gasteiger charge is 2.46. The second-order valence-corrected chi connectivity index (χ2v) is 8.92. The molecule has 0 bridgehead atoms. The third-order valence-electron chi connectivity index (χ3n) is 6.58. The first-order chi connectivity index (χ1) is 16.7. The van der Waals surface area contributed by atoms with Crippen molar-refractivity contribution >= 4 is 23.1 Å². The number of ether oxygens (including phenoxy) is 1. The predicted molar refractivity (Wildman–Crippen MR) is 140 cm³/mol. The summed E-state index contributed by atoms with van der Waals surface area (Å²) in [5.74, 6) is -0.700. The van der Waals surface area contributed by atoms with Crippen molar-refractivity contribution in [2.75, 3.05) is 51.8 Å². The standard InChI is InChI=1S/C28H37N3O4/c1-7-30(8-2)16-17-31-25(20-10-12-21(13-11-20)29(5)6)24(27(33)28(31)34)26(32)23-15-14-22(35-9-3)18-19(23)4/h10-15,18,25,32H,7-9,16-17H2,1-6H3. The second-order valence-electron chi connectivity index (χ2n) is 8.92. The summed E-state index contributed by atoms with van der Waals surface area (Å²) >= 11 is 0. The van der Waals surface area contributed by atoms with E-state index in [2.05, 4.69) is 18.7 Å². The highest BCUT2D eigenvalue weighted by atomic mass is 16.5. The van der Waals surface area contributed by atoms with Gasteiger partial charge in [0.2, 0.25) is 0 Å². The first-order valence-corrected chi connectivity index (χ1v) is 12.2. The zero-order valence-corrected chi connectivity index (χ0v) is 21.7. The van der Waals surface area contributed by atoms with Gasteiger partial charge < -0.3 is 24.5 Å². The Morgan fingerprint density at radius 3 is 2.23 bits per heavy atom. The van der Waals surface area contributed by atoms with Crippen molar-refractivity contribution in [2.24, 2.45) is 0 Å². The van der Waals surface area contributed by atoms with E-state index in [1.54, 1.807) is 17.0 Å². The molecule has 2 aromatic carbocycles. The molecule has 1 aliphatic heterocycles. The van der Waals surface area contributed by atoms with Crippen molar-refractivity contribution in [3.05, 3.63) is 64.7 Å². The van der Waals surface area contributed by atoms with Gasteiger partial charge in [-0.05, 0) is 68.4 Å². The van der Waals surface area contributed by atoms with Crippen LogP contribution in [-0.4, -0.2) is 73.5 Å². The molecule has 1 aliphatic rings. The van der Waals surface area contributed by atoms with Gasteiger partial charge in [0.25, 0.3) is 11.7 Å². The number of anilines is 1. The van der Waals surface area contributed by atoms with Gasteiger partial charge in [-0.25, -0.2) is 0 Å². The van der Waals surface area contributed by atoms with E-state index in [-0.39, 0.29) is 11.3 Å². The number of rotatable bonds is 10. The van der Waals surface area contributed by atoms with Crippen molar-refractivity contribution in [1.29, 1.82) is 0 Å². The maximum absolute atomic E-state index is 13.3. The lowest BCUT2D eigenvalue weighted by atomic mass is 9.93. The fourth-order valence-corrected chi connectivity index (χ4v) is 4.50. The minimum atomic E-state index is -0.659. The van der Waals surface area contributed by atoms with Crippen molar-refractivity contribution in [3.8, 4) is 5.75 Å². The van der Waals surface area contributed by atoms with Crippen LogP contribution in [0.3, 0.4) is 0 Å². The predicted octanol–water partition coefficient (Wildman–Crippen LogP) is 4.22. The van der Waals surface area contributed by atoms with E-state index in [0.29, 0.717) is 31.0 Å². The number of nitrogens with zero attached hydrogens (tertiary/aromatic N) is 3. The van der Waals surface area contributed by atoms with Crippen LogP contribution in [0.25, 0.3) is 5.76 Å². The number of Topliss-reactive ketones (excluding diaryl/α,β-unsaturated/α-hetero) is 1. The Kier molecular flexibility index (Phi) is 8.57. The van der Waals surface area contributed by atoms with E-state index in [9.17, 15) is 14.7 Å². The number of hydrogen-bond donors (Lipinski definition) is 1. The number of carbonyl (C=O) groups excluding carboxylic acids is 2. The fourth-order valence-electron chi connectivity index (χ4n) is 4.50. The van der Waals surface area contributed by atoms with Crippen LogP contribution in [0.5, 0.6) is 5.75 Å². The molecule has 1 heterocycles. The summed E-state index contributed by atoms with van der Waals surface area (Å²) < 4.78 is 5.56. The summed E-state index contributed by atoms with van der Waals surface area (Å²) in [6, 6.07) is 12.4. The Morgan fingerprint density at radius 2 is 1.69 bits per heavy atom. The Bertz CT molecular complexity index is 1090. The Balaban J connectivity index is 2.11. The molecule has 0 saturated carbocycles. The average Bonchev–Trinajstić information content (AvgIpc) is 3.09. The van der Waals surface area contributed by atoms with Crippen LogP contribution in [0, 0.1) is 6.92 Å². The van der Waals surface area contributed by atoms with Gasteiger partial charge in [-0.1, -0.05) is 26.0 Å². The quantitative estimate of drug-likeness (QED) is 0.312. The van der Waals surface area contributed by atoms with Crippen LogP contribution < -0.4 is 9.64 Å². The smallest absolute Gasteiger partial charge is 0.295 e. The highest BCUT2D eigenvalue weighted by Crippen LogP contribution is 2.40. The number of likely N-dealkylation sites (tertiary alicyclic amines) is 1. The van der Waals surface area contributed by atoms with Gasteiger partial charge in [-0.15, -0.1) is 0 Å². The molecular formula is C28H37N3O4. The molecule has 7 nitrogen and oxygen atoms in total. The lowest BCUT2D eigenvalue weighted by molar-refractivity contribution is -0.140. The summed E-state index contributed by atoms with van der Waals surface area (Å²) in [6.07, 6.45) is 0. The number of aliphatic hydroxyl groups is 1. The minimum Gasteiger partial charge on any atom is -0.507 e. The molecule has 1 amide bonds. The molecule has 0 aromatic heterocycles. The number of amides is 1. The third-order valence-corrected chi connectivity index (χ3v) is 6.58. The van der Waals surface area contributed by atoms with Gasteiger partial charge in [0.05, 0.1) is 18.2 Å². The summed E-state index contributed by atoms with van der Waals surface area (Å²) in [6.45, 7) is 11.2. The van der Waals surface area contributed by atoms with Crippen LogP contribution in [-0.2, 0) is 9.59 Å². The maximum atomic E-state index is 13.3. The number of carbonyl (C=O) groups is 2. The van der Waals surface area contributed by atoms with Crippen molar-refractivity contribution < 1.29 is 19.4 Å². The van der Waals surface area contributed by atoms with Crippen molar-refractivity contribution in [1.82, 2.24) is 9.80 Å². The van der Waals surface area contributed by atoms with Crippen LogP contribution in [0.4, 0.5) is 5.69 Å². The van der Waals surface area contributed by atoms with Crippen LogP contribution in [0.1, 0.15) is 43.5 Å². The molecule has 1 saturated heterocycles. The fraction of sp³-hybridized carbons (Fsp3) is 0.429. The van der Waals surface area contributed by atoms with Gasteiger partial charge in [-0.2, -0.15) is 0 Å². The second kappa shape index (κ2) is 11.4. The number of benzene rings is 2. The number of ketones is 1. The summed E-state index contributed by atoms with van der Waals surface area (Å²) in [5, 5.41) is 11.4. The molecule has 1 unspecified atom stereocenters. The normalized spacial score (nSPS) is 17.3. The molecule has 1 fully saturated rings. The van der Waals surface area contributed by atoms with E-state index in [1.165, 1.54) is 0 Å².